The van der Waals surface area contributed by atoms with Crippen LogP contribution in [-0.4, -0.2) is 30.9 Å². The van der Waals surface area contributed by atoms with Gasteiger partial charge in [0.15, 0.2) is 9.84 Å². The van der Waals surface area contributed by atoms with Gasteiger partial charge in [-0.15, -0.1) is 0 Å². The topological polar surface area (TPSA) is 63.4 Å². The molecule has 0 saturated heterocycles. The van der Waals surface area contributed by atoms with Gasteiger partial charge in [-0.1, -0.05) is 6.07 Å². The summed E-state index contributed by atoms with van der Waals surface area (Å²) in [5, 5.41) is -0.293. The molecule has 0 aliphatic carbocycles. The molecule has 2 N–H and O–H groups in total. The third-order valence-electron chi connectivity index (χ3n) is 3.43. The van der Waals surface area contributed by atoms with Gasteiger partial charge >= 0.3 is 0 Å². The first-order valence-electron chi connectivity index (χ1n) is 6.19. The van der Waals surface area contributed by atoms with Gasteiger partial charge in [-0.05, 0) is 37.1 Å². The van der Waals surface area contributed by atoms with Crippen molar-refractivity contribution in [2.45, 2.75) is 32.2 Å². The second kappa shape index (κ2) is 4.90. The minimum absolute atomic E-state index is 0.230. The lowest BCUT2D eigenvalue weighted by Gasteiger charge is -2.15. The lowest BCUT2D eigenvalue weighted by molar-refractivity contribution is 0.301. The monoisotopic (exact) mass is 268 g/mol. The Balaban J connectivity index is 1.96. The van der Waals surface area contributed by atoms with Crippen molar-refractivity contribution in [2.24, 2.45) is 0 Å². The average Bonchev–Trinajstić information content (AvgIpc) is 2.68. The van der Waals surface area contributed by atoms with Gasteiger partial charge in [0, 0.05) is 25.3 Å². The largest absolute Gasteiger partial charge is 0.399 e. The first-order chi connectivity index (χ1) is 8.38. The minimum Gasteiger partial charge on any atom is -0.399 e. The maximum atomic E-state index is 11.8. The molecule has 0 bridgehead atoms. The minimum atomic E-state index is -2.95. The van der Waals surface area contributed by atoms with Gasteiger partial charge < -0.3 is 5.73 Å². The fourth-order valence-corrected chi connectivity index (χ4v) is 3.12. The molecule has 1 aliphatic rings. The number of fused-ring (bicyclic) bond motifs is 1. The fraction of sp³-hybridized carbons (Fsp3) is 0.538. The molecule has 0 aromatic heterocycles. The van der Waals surface area contributed by atoms with Gasteiger partial charge in [0.05, 0.1) is 11.0 Å². The summed E-state index contributed by atoms with van der Waals surface area (Å²) in [5.41, 5.74) is 8.99. The zero-order valence-electron chi connectivity index (χ0n) is 10.9. The molecule has 0 fully saturated rings. The van der Waals surface area contributed by atoms with E-state index in [0.29, 0.717) is 6.54 Å². The molecule has 18 heavy (non-hydrogen) atoms. The molecule has 4 nitrogen and oxygen atoms in total. The number of rotatable bonds is 4. The zero-order valence-corrected chi connectivity index (χ0v) is 11.7. The Hall–Kier alpha value is -1.07. The average molecular weight is 268 g/mol. The molecule has 1 aromatic rings. The van der Waals surface area contributed by atoms with E-state index >= 15 is 0 Å². The highest BCUT2D eigenvalue weighted by atomic mass is 32.2. The Morgan fingerprint density at radius 1 is 1.28 bits per heavy atom. The van der Waals surface area contributed by atoms with E-state index in [4.69, 9.17) is 5.73 Å². The number of nitrogens with two attached hydrogens (primary N) is 1. The number of nitrogens with zero attached hydrogens (tertiary/aromatic N) is 1. The predicted molar refractivity (Wildman–Crippen MR) is 73.9 cm³/mol. The van der Waals surface area contributed by atoms with Gasteiger partial charge in [0.25, 0.3) is 0 Å². The fourth-order valence-electron chi connectivity index (χ4n) is 2.14. The Bertz CT molecular complexity index is 538. The third-order valence-corrected chi connectivity index (χ3v) is 5.62. The Morgan fingerprint density at radius 2 is 1.94 bits per heavy atom. The van der Waals surface area contributed by atoms with Crippen LogP contribution in [0.3, 0.4) is 0 Å². The van der Waals surface area contributed by atoms with Crippen molar-refractivity contribution in [1.82, 2.24) is 4.90 Å². The van der Waals surface area contributed by atoms with Crippen LogP contribution in [0.25, 0.3) is 0 Å². The normalized spacial score (nSPS) is 16.2. The summed E-state index contributed by atoms with van der Waals surface area (Å²) < 4.78 is 23.5. The maximum Gasteiger partial charge on any atom is 0.153 e. The molecule has 2 rings (SSSR count). The Kier molecular flexibility index (Phi) is 3.64. The van der Waals surface area contributed by atoms with Crippen molar-refractivity contribution < 1.29 is 8.42 Å². The Morgan fingerprint density at radius 3 is 2.61 bits per heavy atom. The summed E-state index contributed by atoms with van der Waals surface area (Å²) in [6.45, 7) is 5.68. The summed E-state index contributed by atoms with van der Waals surface area (Å²) in [6, 6.07) is 5.90. The summed E-state index contributed by atoms with van der Waals surface area (Å²) >= 11 is 0. The lowest BCUT2D eigenvalue weighted by Crippen LogP contribution is -2.28. The first kappa shape index (κ1) is 13.4. The van der Waals surface area contributed by atoms with Crippen LogP contribution < -0.4 is 5.73 Å². The summed E-state index contributed by atoms with van der Waals surface area (Å²) in [5.74, 6) is 0.230. The first-order valence-corrected chi connectivity index (χ1v) is 7.91. The molecule has 0 atom stereocenters. The molecule has 1 aromatic carbocycles. The molecule has 100 valence electrons. The standard InChI is InChI=1S/C13H20N2O2S/c1-10(2)18(16,17)6-5-15-8-11-3-4-13(14)7-12(11)9-15/h3-4,7,10H,5-6,8-9,14H2,1-2H3. The summed E-state index contributed by atoms with van der Waals surface area (Å²) in [7, 11) is -2.95. The molecule has 0 spiro atoms. The molecule has 0 saturated carbocycles. The highest BCUT2D eigenvalue weighted by Crippen LogP contribution is 2.24. The maximum absolute atomic E-state index is 11.8. The second-order valence-electron chi connectivity index (χ2n) is 5.15. The van der Waals surface area contributed by atoms with Gasteiger partial charge in [-0.2, -0.15) is 0 Å². The van der Waals surface area contributed by atoms with E-state index in [-0.39, 0.29) is 11.0 Å². The molecule has 0 amide bonds. The van der Waals surface area contributed by atoms with Crippen LogP contribution >= 0.6 is 0 Å². The highest BCUT2D eigenvalue weighted by Gasteiger charge is 2.22. The Labute approximate surface area is 109 Å². The van der Waals surface area contributed by atoms with Crippen molar-refractivity contribution in [3.63, 3.8) is 0 Å². The van der Waals surface area contributed by atoms with Crippen molar-refractivity contribution in [3.8, 4) is 0 Å². The second-order valence-corrected chi connectivity index (χ2v) is 7.83. The molecule has 1 aliphatic heterocycles. The number of nitrogen functional groups attached to an aromatic ring is 1. The van der Waals surface area contributed by atoms with E-state index in [1.54, 1.807) is 13.8 Å². The third kappa shape index (κ3) is 2.84. The lowest BCUT2D eigenvalue weighted by atomic mass is 10.1. The van der Waals surface area contributed by atoms with Gasteiger partial charge in [0.1, 0.15) is 0 Å². The van der Waals surface area contributed by atoms with E-state index in [0.717, 1.165) is 18.8 Å². The number of anilines is 1. The van der Waals surface area contributed by atoms with Crippen LogP contribution in [-0.2, 0) is 22.9 Å². The van der Waals surface area contributed by atoms with Crippen molar-refractivity contribution in [1.29, 1.82) is 0 Å². The van der Waals surface area contributed by atoms with Gasteiger partial charge in [-0.25, -0.2) is 8.42 Å². The molecule has 5 heteroatoms. The van der Waals surface area contributed by atoms with E-state index in [2.05, 4.69) is 4.90 Å². The van der Waals surface area contributed by atoms with Crippen molar-refractivity contribution >= 4 is 15.5 Å². The number of benzene rings is 1. The zero-order chi connectivity index (χ0) is 13.3. The smallest absolute Gasteiger partial charge is 0.153 e. The van der Waals surface area contributed by atoms with Crippen LogP contribution in [0.2, 0.25) is 0 Å². The number of hydrogen-bond acceptors (Lipinski definition) is 4. The molecule has 0 radical (unpaired) electrons. The van der Waals surface area contributed by atoms with E-state index in [9.17, 15) is 8.42 Å². The summed E-state index contributed by atoms with van der Waals surface area (Å²) in [6.07, 6.45) is 0. The van der Waals surface area contributed by atoms with Gasteiger partial charge in [-0.3, -0.25) is 4.90 Å². The van der Waals surface area contributed by atoms with E-state index < -0.39 is 9.84 Å². The van der Waals surface area contributed by atoms with Crippen LogP contribution in [0.4, 0.5) is 5.69 Å². The van der Waals surface area contributed by atoms with Crippen LogP contribution in [0.1, 0.15) is 25.0 Å². The molecular formula is C13H20N2O2S. The molecule has 1 heterocycles. The van der Waals surface area contributed by atoms with E-state index in [1.165, 1.54) is 11.1 Å². The van der Waals surface area contributed by atoms with E-state index in [1.807, 2.05) is 18.2 Å². The SMILES string of the molecule is CC(C)S(=O)(=O)CCN1Cc2ccc(N)cc2C1. The van der Waals surface area contributed by atoms with Crippen molar-refractivity contribution in [3.05, 3.63) is 29.3 Å². The number of sulfone groups is 1. The van der Waals surface area contributed by atoms with Crippen LogP contribution in [0, 0.1) is 0 Å². The summed E-state index contributed by atoms with van der Waals surface area (Å²) in [4.78, 5) is 2.16. The predicted octanol–water partition coefficient (Wildman–Crippen LogP) is 1.41. The van der Waals surface area contributed by atoms with Crippen LogP contribution in [0.5, 0.6) is 0 Å². The van der Waals surface area contributed by atoms with Crippen molar-refractivity contribution in [2.75, 3.05) is 18.0 Å². The molecular weight excluding hydrogens is 248 g/mol. The quantitative estimate of drug-likeness (QED) is 0.839. The van der Waals surface area contributed by atoms with Crippen LogP contribution in [0.15, 0.2) is 18.2 Å². The highest BCUT2D eigenvalue weighted by molar-refractivity contribution is 7.92. The molecule has 0 unspecified atom stereocenters. The van der Waals surface area contributed by atoms with Gasteiger partial charge in [0.2, 0.25) is 0 Å². The number of hydrogen-bond donors (Lipinski definition) is 1.